The summed E-state index contributed by atoms with van der Waals surface area (Å²) in [7, 11) is 0. The summed E-state index contributed by atoms with van der Waals surface area (Å²) < 4.78 is 32.4. The standard InChI is InChI=1S/C20H28F2N4O4/c1-4-25(10-12(2)3)17(19(23)28)20(29)24-13-5-6-15(14(9-13)18(21)22)26-7-8-30-11-16(26)27/h5-6,9,12,17-18H,4,7-8,10-11H2,1-3H3,(H2,23,28)(H,24,29)/t17-/m0/s1. The maximum atomic E-state index is 13.7. The number of alkyl halides is 2. The predicted octanol–water partition coefficient (Wildman–Crippen LogP) is 1.76. The molecule has 0 radical (unpaired) electrons. The van der Waals surface area contributed by atoms with Crippen LogP contribution in [0.15, 0.2) is 18.2 Å². The van der Waals surface area contributed by atoms with Gasteiger partial charge in [0.1, 0.15) is 6.61 Å². The van der Waals surface area contributed by atoms with Gasteiger partial charge in [0.05, 0.1) is 12.3 Å². The van der Waals surface area contributed by atoms with Crippen molar-refractivity contribution in [2.45, 2.75) is 33.2 Å². The van der Waals surface area contributed by atoms with Crippen LogP contribution in [-0.4, -0.2) is 61.5 Å². The molecule has 166 valence electrons. The minimum Gasteiger partial charge on any atom is -0.370 e. The summed E-state index contributed by atoms with van der Waals surface area (Å²) >= 11 is 0. The van der Waals surface area contributed by atoms with Crippen molar-refractivity contribution in [2.24, 2.45) is 11.7 Å². The van der Waals surface area contributed by atoms with Crippen molar-refractivity contribution < 1.29 is 27.9 Å². The summed E-state index contributed by atoms with van der Waals surface area (Å²) in [5.41, 5.74) is 5.20. The van der Waals surface area contributed by atoms with Gasteiger partial charge >= 0.3 is 0 Å². The highest BCUT2D eigenvalue weighted by molar-refractivity contribution is 6.09. The summed E-state index contributed by atoms with van der Waals surface area (Å²) in [4.78, 5) is 39.6. The number of halogens is 2. The number of nitrogens with zero attached hydrogens (tertiary/aromatic N) is 2. The number of morpholine rings is 1. The molecule has 0 unspecified atom stereocenters. The SMILES string of the molecule is CCN(CC(C)C)[C@@H](C(N)=O)C(=O)Nc1ccc(N2CCOCC2=O)c(C(F)F)c1. The summed E-state index contributed by atoms with van der Waals surface area (Å²) in [6.45, 7) is 6.80. The van der Waals surface area contributed by atoms with Crippen LogP contribution >= 0.6 is 0 Å². The Balaban J connectivity index is 2.28. The molecular formula is C20H28F2N4O4. The molecule has 1 fully saturated rings. The summed E-state index contributed by atoms with van der Waals surface area (Å²) in [5, 5.41) is 2.51. The van der Waals surface area contributed by atoms with Crippen molar-refractivity contribution in [2.75, 3.05) is 43.1 Å². The molecule has 1 aromatic carbocycles. The smallest absolute Gasteiger partial charge is 0.265 e. The van der Waals surface area contributed by atoms with E-state index < -0.39 is 35.8 Å². The van der Waals surface area contributed by atoms with Gasteiger partial charge < -0.3 is 20.7 Å². The number of anilines is 2. The monoisotopic (exact) mass is 426 g/mol. The Bertz CT molecular complexity index is 788. The Morgan fingerprint density at radius 2 is 2.03 bits per heavy atom. The van der Waals surface area contributed by atoms with Crippen LogP contribution in [0.3, 0.4) is 0 Å². The molecule has 0 spiro atoms. The fourth-order valence-corrected chi connectivity index (χ4v) is 3.40. The Morgan fingerprint density at radius 1 is 1.33 bits per heavy atom. The summed E-state index contributed by atoms with van der Waals surface area (Å²) in [6.07, 6.45) is -2.87. The first kappa shape index (κ1) is 23.7. The van der Waals surface area contributed by atoms with E-state index in [2.05, 4.69) is 5.32 Å². The number of likely N-dealkylation sites (N-methyl/N-ethyl adjacent to an activating group) is 1. The van der Waals surface area contributed by atoms with Crippen molar-refractivity contribution in [1.82, 2.24) is 4.90 Å². The second kappa shape index (κ2) is 10.4. The second-order valence-corrected chi connectivity index (χ2v) is 7.45. The predicted molar refractivity (Wildman–Crippen MR) is 108 cm³/mol. The lowest BCUT2D eigenvalue weighted by molar-refractivity contribution is -0.132. The number of nitrogens with one attached hydrogen (secondary N) is 1. The summed E-state index contributed by atoms with van der Waals surface area (Å²) in [6, 6.07) is 2.65. The van der Waals surface area contributed by atoms with Crippen molar-refractivity contribution in [1.29, 1.82) is 0 Å². The third-order valence-corrected chi connectivity index (χ3v) is 4.70. The number of ether oxygens (including phenoxy) is 1. The molecule has 1 heterocycles. The van der Waals surface area contributed by atoms with Crippen LogP contribution in [0.25, 0.3) is 0 Å². The minimum absolute atomic E-state index is 0.0674. The Kier molecular flexibility index (Phi) is 8.24. The number of rotatable bonds is 9. The topological polar surface area (TPSA) is 105 Å². The second-order valence-electron chi connectivity index (χ2n) is 7.45. The van der Waals surface area contributed by atoms with Gasteiger partial charge in [0, 0.05) is 24.3 Å². The van der Waals surface area contributed by atoms with Gasteiger partial charge in [-0.1, -0.05) is 20.8 Å². The quantitative estimate of drug-likeness (QED) is 0.586. The number of primary amides is 1. The van der Waals surface area contributed by atoms with Crippen molar-refractivity contribution in [3.05, 3.63) is 23.8 Å². The third kappa shape index (κ3) is 5.73. The van der Waals surface area contributed by atoms with E-state index in [0.29, 0.717) is 13.1 Å². The normalized spacial score (nSPS) is 15.7. The van der Waals surface area contributed by atoms with Gasteiger partial charge in [0.2, 0.25) is 5.91 Å². The fourth-order valence-electron chi connectivity index (χ4n) is 3.40. The van der Waals surface area contributed by atoms with E-state index in [1.54, 1.807) is 11.8 Å². The van der Waals surface area contributed by atoms with Gasteiger partial charge in [-0.3, -0.25) is 19.3 Å². The molecule has 30 heavy (non-hydrogen) atoms. The molecule has 8 nitrogen and oxygen atoms in total. The largest absolute Gasteiger partial charge is 0.370 e. The van der Waals surface area contributed by atoms with Crippen LogP contribution in [-0.2, 0) is 19.1 Å². The molecule has 0 saturated carbocycles. The zero-order valence-electron chi connectivity index (χ0n) is 17.4. The maximum absolute atomic E-state index is 13.7. The number of hydrogen-bond donors (Lipinski definition) is 2. The van der Waals surface area contributed by atoms with Gasteiger partial charge in [-0.05, 0) is 30.7 Å². The number of carbonyl (C=O) groups excluding carboxylic acids is 3. The number of hydrogen-bond acceptors (Lipinski definition) is 5. The van der Waals surface area contributed by atoms with E-state index in [1.807, 2.05) is 13.8 Å². The zero-order valence-corrected chi connectivity index (χ0v) is 17.4. The van der Waals surface area contributed by atoms with Crippen LogP contribution in [0, 0.1) is 5.92 Å². The van der Waals surface area contributed by atoms with Crippen molar-refractivity contribution >= 4 is 29.1 Å². The molecule has 1 aliphatic rings. The fraction of sp³-hybridized carbons (Fsp3) is 0.550. The number of carbonyl (C=O) groups is 3. The molecule has 3 amide bonds. The lowest BCUT2D eigenvalue weighted by Crippen LogP contribution is -2.53. The Labute approximate surface area is 174 Å². The van der Waals surface area contributed by atoms with Crippen LogP contribution in [0.4, 0.5) is 20.2 Å². The molecule has 1 aliphatic heterocycles. The highest BCUT2D eigenvalue weighted by Crippen LogP contribution is 2.33. The molecular weight excluding hydrogens is 398 g/mol. The van der Waals surface area contributed by atoms with Crippen molar-refractivity contribution in [3.63, 3.8) is 0 Å². The Hall–Kier alpha value is -2.59. The lowest BCUT2D eigenvalue weighted by Gasteiger charge is -2.30. The summed E-state index contributed by atoms with van der Waals surface area (Å²) in [5.74, 6) is -1.74. The van der Waals surface area contributed by atoms with Crippen LogP contribution in [0.1, 0.15) is 32.8 Å². The number of amides is 3. The lowest BCUT2D eigenvalue weighted by atomic mass is 10.1. The molecule has 3 N–H and O–H groups in total. The molecule has 0 bridgehead atoms. The van der Waals surface area contributed by atoms with E-state index >= 15 is 0 Å². The highest BCUT2D eigenvalue weighted by Gasteiger charge is 2.31. The van der Waals surface area contributed by atoms with Gasteiger partial charge in [-0.15, -0.1) is 0 Å². The molecule has 1 saturated heterocycles. The minimum atomic E-state index is -2.87. The number of nitrogens with two attached hydrogens (primary N) is 1. The van der Waals surface area contributed by atoms with E-state index in [1.165, 1.54) is 17.0 Å². The third-order valence-electron chi connectivity index (χ3n) is 4.70. The van der Waals surface area contributed by atoms with Gasteiger partial charge in [0.15, 0.2) is 6.04 Å². The highest BCUT2D eigenvalue weighted by atomic mass is 19.3. The molecule has 1 aromatic rings. The van der Waals surface area contributed by atoms with Crippen LogP contribution < -0.4 is 16.0 Å². The zero-order chi connectivity index (χ0) is 22.4. The first-order valence-corrected chi connectivity index (χ1v) is 9.80. The average molecular weight is 426 g/mol. The van der Waals surface area contributed by atoms with Crippen LogP contribution in [0.5, 0.6) is 0 Å². The van der Waals surface area contributed by atoms with E-state index in [9.17, 15) is 23.2 Å². The van der Waals surface area contributed by atoms with Crippen molar-refractivity contribution in [3.8, 4) is 0 Å². The van der Waals surface area contributed by atoms with Gasteiger partial charge in [-0.25, -0.2) is 8.78 Å². The van der Waals surface area contributed by atoms with E-state index in [-0.39, 0.29) is 37.1 Å². The first-order valence-electron chi connectivity index (χ1n) is 9.80. The molecule has 1 atom stereocenters. The van der Waals surface area contributed by atoms with E-state index in [4.69, 9.17) is 10.5 Å². The van der Waals surface area contributed by atoms with Gasteiger partial charge in [-0.2, -0.15) is 0 Å². The maximum Gasteiger partial charge on any atom is 0.265 e. The molecule has 10 heteroatoms. The van der Waals surface area contributed by atoms with Crippen LogP contribution in [0.2, 0.25) is 0 Å². The molecule has 0 aromatic heterocycles. The van der Waals surface area contributed by atoms with Gasteiger partial charge in [0.25, 0.3) is 18.2 Å². The molecule has 2 rings (SSSR count). The number of benzene rings is 1. The first-order chi connectivity index (χ1) is 14.1. The molecule has 0 aliphatic carbocycles. The Morgan fingerprint density at radius 3 is 2.57 bits per heavy atom. The van der Waals surface area contributed by atoms with E-state index in [0.717, 1.165) is 6.07 Å². The average Bonchev–Trinajstić information content (AvgIpc) is 2.67.